The summed E-state index contributed by atoms with van der Waals surface area (Å²) in [5.41, 5.74) is 1.65. The van der Waals surface area contributed by atoms with Gasteiger partial charge in [0.15, 0.2) is 5.65 Å². The molecule has 2 aromatic heterocycles. The van der Waals surface area contributed by atoms with Gasteiger partial charge in [0.25, 0.3) is 0 Å². The molecule has 0 atom stereocenters. The van der Waals surface area contributed by atoms with Crippen LogP contribution in [-0.4, -0.2) is 14.4 Å². The van der Waals surface area contributed by atoms with Gasteiger partial charge in [-0.3, -0.25) is 4.98 Å². The molecule has 6 heteroatoms. The minimum Gasteiger partial charge on any atom is -0.295 e. The molecule has 3 rings (SSSR count). The van der Waals surface area contributed by atoms with E-state index in [2.05, 4.69) is 35.1 Å². The van der Waals surface area contributed by atoms with Gasteiger partial charge < -0.3 is 0 Å². The molecule has 0 aliphatic rings. The summed E-state index contributed by atoms with van der Waals surface area (Å²) in [5, 5.41) is 10.0. The summed E-state index contributed by atoms with van der Waals surface area (Å²) in [6, 6.07) is 11.6. The maximum Gasteiger partial charge on any atom is 0.333 e. The Kier molecular flexibility index (Phi) is 11.8. The molecule has 0 aliphatic heterocycles. The summed E-state index contributed by atoms with van der Waals surface area (Å²) >= 11 is 6.53. The smallest absolute Gasteiger partial charge is 0.295 e. The first-order valence-corrected chi connectivity index (χ1v) is 14.0. The van der Waals surface area contributed by atoms with Crippen LogP contribution in [0.5, 0.6) is 0 Å². The highest BCUT2D eigenvalue weighted by Crippen LogP contribution is 2.34. The number of rotatable bonds is 16. The average molecular weight is 507 g/mol. The van der Waals surface area contributed by atoms with Crippen LogP contribution in [0.25, 0.3) is 16.8 Å². The van der Waals surface area contributed by atoms with Crippen molar-refractivity contribution in [3.05, 3.63) is 69.5 Å². The molecule has 3 aromatic rings. The predicted molar refractivity (Wildman–Crippen MR) is 150 cm³/mol. The number of nitriles is 1. The van der Waals surface area contributed by atoms with Gasteiger partial charge in [-0.05, 0) is 37.7 Å². The van der Waals surface area contributed by atoms with Crippen LogP contribution < -0.4 is 5.69 Å². The molecule has 1 N–H and O–H groups in total. The first-order chi connectivity index (χ1) is 17.7. The van der Waals surface area contributed by atoms with Gasteiger partial charge >= 0.3 is 5.69 Å². The highest BCUT2D eigenvalue weighted by Gasteiger charge is 2.22. The van der Waals surface area contributed by atoms with Gasteiger partial charge in [0.2, 0.25) is 0 Å². The zero-order valence-electron chi connectivity index (χ0n) is 21.6. The van der Waals surface area contributed by atoms with Crippen molar-refractivity contribution in [2.24, 2.45) is 0 Å². The van der Waals surface area contributed by atoms with Crippen LogP contribution in [0.2, 0.25) is 5.15 Å². The van der Waals surface area contributed by atoms with E-state index >= 15 is 0 Å². The molecule has 0 amide bonds. The quantitative estimate of drug-likeness (QED) is 0.156. The Morgan fingerprint density at radius 3 is 2.19 bits per heavy atom. The summed E-state index contributed by atoms with van der Waals surface area (Å²) < 4.78 is 1.30. The van der Waals surface area contributed by atoms with E-state index < -0.39 is 0 Å². The molecule has 0 spiro atoms. The average Bonchev–Trinajstić information content (AvgIpc) is 3.18. The topological polar surface area (TPSA) is 74.0 Å². The maximum absolute atomic E-state index is 12.8. The molecule has 0 radical (unpaired) electrons. The molecule has 0 saturated carbocycles. The number of halogens is 1. The second-order valence-electron chi connectivity index (χ2n) is 9.50. The summed E-state index contributed by atoms with van der Waals surface area (Å²) in [6.07, 6.45) is 21.6. The first-order valence-electron chi connectivity index (χ1n) is 13.6. The lowest BCUT2D eigenvalue weighted by molar-refractivity contribution is 0.605. The van der Waals surface area contributed by atoms with Crippen molar-refractivity contribution < 1.29 is 0 Å². The van der Waals surface area contributed by atoms with Gasteiger partial charge in [-0.1, -0.05) is 112 Å². The number of nitrogens with zero attached hydrogens (tertiary/aromatic N) is 3. The van der Waals surface area contributed by atoms with Crippen LogP contribution in [0.4, 0.5) is 0 Å². The third kappa shape index (κ3) is 7.83. The van der Waals surface area contributed by atoms with Crippen LogP contribution in [0, 0.1) is 11.3 Å². The lowest BCUT2D eigenvalue weighted by atomic mass is 10.1. The Morgan fingerprint density at radius 2 is 1.56 bits per heavy atom. The fourth-order valence-corrected chi connectivity index (χ4v) is 4.97. The maximum atomic E-state index is 12.8. The fraction of sp³-hybridized carbons (Fsp3) is 0.500. The summed E-state index contributed by atoms with van der Waals surface area (Å²) in [4.78, 5) is 20.2. The molecule has 2 heterocycles. The third-order valence-electron chi connectivity index (χ3n) is 6.63. The van der Waals surface area contributed by atoms with Gasteiger partial charge in [-0.25, -0.2) is 14.2 Å². The largest absolute Gasteiger partial charge is 0.333 e. The van der Waals surface area contributed by atoms with Crippen molar-refractivity contribution in [3.8, 4) is 17.2 Å². The number of allylic oxidation sites excluding steroid dienone is 2. The van der Waals surface area contributed by atoms with Crippen molar-refractivity contribution in [2.45, 2.75) is 96.8 Å². The van der Waals surface area contributed by atoms with E-state index in [0.717, 1.165) is 24.8 Å². The van der Waals surface area contributed by atoms with E-state index in [-0.39, 0.29) is 10.8 Å². The third-order valence-corrected chi connectivity index (χ3v) is 6.99. The number of aryl methyl sites for hydroxylation is 1. The number of nitrogens with one attached hydrogen (secondary N) is 1. The number of H-pyrrole nitrogens is 1. The molecule has 36 heavy (non-hydrogen) atoms. The number of unbranched alkanes of at least 4 members (excludes halogenated alkanes) is 11. The minimum atomic E-state index is -0.355. The monoisotopic (exact) mass is 506 g/mol. The summed E-state index contributed by atoms with van der Waals surface area (Å²) in [6.45, 7) is 2.26. The summed E-state index contributed by atoms with van der Waals surface area (Å²) in [5.74, 6) is 0.607. The number of hydrogen-bond acceptors (Lipinski definition) is 3. The van der Waals surface area contributed by atoms with Gasteiger partial charge in [-0.2, -0.15) is 5.26 Å². The SMILES string of the molecule is CCCCCCCCC=CCCCCCCCc1nc2c(C#N)c(-c3ccccc3)c(Cl)n2c(=O)[nH]1. The zero-order valence-corrected chi connectivity index (χ0v) is 22.3. The molecule has 192 valence electrons. The predicted octanol–water partition coefficient (Wildman–Crippen LogP) is 8.40. The second-order valence-corrected chi connectivity index (χ2v) is 9.86. The molecule has 0 bridgehead atoms. The van der Waals surface area contributed by atoms with Crippen LogP contribution in [-0.2, 0) is 6.42 Å². The van der Waals surface area contributed by atoms with E-state index in [1.165, 1.54) is 68.6 Å². The molecule has 5 nitrogen and oxygen atoms in total. The highest BCUT2D eigenvalue weighted by atomic mass is 35.5. The van der Waals surface area contributed by atoms with Crippen molar-refractivity contribution in [1.82, 2.24) is 14.4 Å². The van der Waals surface area contributed by atoms with Gasteiger partial charge in [0.1, 0.15) is 22.6 Å². The Balaban J connectivity index is 1.42. The second kappa shape index (κ2) is 15.3. The van der Waals surface area contributed by atoms with Crippen molar-refractivity contribution in [2.75, 3.05) is 0 Å². The highest BCUT2D eigenvalue weighted by molar-refractivity contribution is 6.33. The van der Waals surface area contributed by atoms with Crippen molar-refractivity contribution in [1.29, 1.82) is 5.26 Å². The summed E-state index contributed by atoms with van der Waals surface area (Å²) in [7, 11) is 0. The number of aromatic nitrogens is 3. The van der Waals surface area contributed by atoms with Gasteiger partial charge in [-0.15, -0.1) is 0 Å². The Morgan fingerprint density at radius 1 is 0.944 bits per heavy atom. The zero-order chi connectivity index (χ0) is 25.6. The van der Waals surface area contributed by atoms with Gasteiger partial charge in [0.05, 0.1) is 0 Å². The van der Waals surface area contributed by atoms with E-state index in [1.807, 2.05) is 30.3 Å². The van der Waals surface area contributed by atoms with Crippen molar-refractivity contribution >= 4 is 17.2 Å². The molecule has 0 fully saturated rings. The fourth-order valence-electron chi connectivity index (χ4n) is 4.61. The van der Waals surface area contributed by atoms with E-state index in [1.54, 1.807) is 0 Å². The van der Waals surface area contributed by atoms with Crippen LogP contribution >= 0.6 is 11.6 Å². The van der Waals surface area contributed by atoms with Gasteiger partial charge in [0, 0.05) is 12.0 Å². The normalized spacial score (nSPS) is 11.5. The molecule has 1 aromatic carbocycles. The molecule has 0 unspecified atom stereocenters. The molecular weight excluding hydrogens is 468 g/mol. The molecular formula is C30H39ClN4O. The standard InChI is InChI=1S/C30H39ClN4O/c1-2-3-4-5-6-7-8-9-10-11-12-13-14-15-19-22-26-33-29-25(23-32)27(24-20-17-16-18-21-24)28(31)35(29)30(36)34-26/h9-10,16-18,20-21H,2-8,11-15,19,22H2,1H3,(H,33,34,36). The number of hydrogen-bond donors (Lipinski definition) is 1. The van der Waals surface area contributed by atoms with E-state index in [9.17, 15) is 10.1 Å². The Hall–Kier alpha value is -2.84. The van der Waals surface area contributed by atoms with Crippen LogP contribution in [0.1, 0.15) is 102 Å². The lowest BCUT2D eigenvalue weighted by Gasteiger charge is -2.03. The van der Waals surface area contributed by atoms with E-state index in [4.69, 9.17) is 11.6 Å². The Bertz CT molecular complexity index is 1200. The lowest BCUT2D eigenvalue weighted by Crippen LogP contribution is -2.20. The van der Waals surface area contributed by atoms with Crippen LogP contribution in [0.15, 0.2) is 47.3 Å². The van der Waals surface area contributed by atoms with Crippen LogP contribution in [0.3, 0.4) is 0 Å². The number of fused-ring (bicyclic) bond motifs is 1. The molecule has 0 aliphatic carbocycles. The first kappa shape index (κ1) is 27.7. The molecule has 0 saturated heterocycles. The Labute approximate surface area is 220 Å². The number of benzene rings is 1. The van der Waals surface area contributed by atoms with E-state index in [0.29, 0.717) is 29.0 Å². The number of aromatic amines is 1. The van der Waals surface area contributed by atoms with Crippen molar-refractivity contribution in [3.63, 3.8) is 0 Å². The minimum absolute atomic E-state index is 0.217.